The Morgan fingerprint density at radius 2 is 2.00 bits per heavy atom. The van der Waals surface area contributed by atoms with Gasteiger partial charge >= 0.3 is 0 Å². The van der Waals surface area contributed by atoms with Gasteiger partial charge in [-0.15, -0.1) is 0 Å². The largest absolute Gasteiger partial charge is 0.397 e. The lowest BCUT2D eigenvalue weighted by Crippen LogP contribution is -2.14. The standard InChI is InChI=1S/C10H15BrN2/c1-10(2,3)9-5-4-7(12)8(6-11)13-9/h4-5H,6,12H2,1-3H3. The first-order chi connectivity index (χ1) is 5.95. The fraction of sp³-hybridized carbons (Fsp3) is 0.500. The molecular weight excluding hydrogens is 228 g/mol. The maximum atomic E-state index is 5.75. The van der Waals surface area contributed by atoms with Gasteiger partial charge in [0, 0.05) is 16.4 Å². The molecule has 0 radical (unpaired) electrons. The number of nitrogens with two attached hydrogens (primary N) is 1. The maximum Gasteiger partial charge on any atom is 0.0741 e. The van der Waals surface area contributed by atoms with Crippen LogP contribution in [0.25, 0.3) is 0 Å². The van der Waals surface area contributed by atoms with Crippen molar-refractivity contribution in [3.63, 3.8) is 0 Å². The summed E-state index contributed by atoms with van der Waals surface area (Å²) >= 11 is 3.37. The van der Waals surface area contributed by atoms with E-state index in [-0.39, 0.29) is 5.41 Å². The van der Waals surface area contributed by atoms with Crippen molar-refractivity contribution < 1.29 is 0 Å². The molecule has 1 aromatic rings. The van der Waals surface area contributed by atoms with Gasteiger partial charge in [0.25, 0.3) is 0 Å². The fourth-order valence-electron chi connectivity index (χ4n) is 1.04. The average molecular weight is 243 g/mol. The molecule has 2 N–H and O–H groups in total. The number of hydrogen-bond acceptors (Lipinski definition) is 2. The number of rotatable bonds is 1. The van der Waals surface area contributed by atoms with Crippen LogP contribution in [0.3, 0.4) is 0 Å². The fourth-order valence-corrected chi connectivity index (χ4v) is 1.49. The molecule has 0 bridgehead atoms. The molecule has 0 aliphatic rings. The lowest BCUT2D eigenvalue weighted by Gasteiger charge is -2.18. The Hall–Kier alpha value is -0.570. The van der Waals surface area contributed by atoms with Crippen molar-refractivity contribution in [3.05, 3.63) is 23.5 Å². The van der Waals surface area contributed by atoms with Crippen LogP contribution in [-0.2, 0) is 10.7 Å². The highest BCUT2D eigenvalue weighted by Crippen LogP contribution is 2.23. The number of halogens is 1. The Kier molecular flexibility index (Phi) is 2.96. The number of pyridine rings is 1. The van der Waals surface area contributed by atoms with E-state index in [4.69, 9.17) is 5.73 Å². The van der Waals surface area contributed by atoms with Gasteiger partial charge in [-0.1, -0.05) is 36.7 Å². The predicted molar refractivity (Wildman–Crippen MR) is 60.0 cm³/mol. The van der Waals surface area contributed by atoms with Crippen LogP contribution >= 0.6 is 15.9 Å². The highest BCUT2D eigenvalue weighted by Gasteiger charge is 2.16. The minimum Gasteiger partial charge on any atom is -0.397 e. The smallest absolute Gasteiger partial charge is 0.0741 e. The first-order valence-corrected chi connectivity index (χ1v) is 5.39. The third kappa shape index (κ3) is 2.44. The zero-order valence-electron chi connectivity index (χ0n) is 8.26. The molecule has 72 valence electrons. The Morgan fingerprint density at radius 1 is 1.38 bits per heavy atom. The molecule has 0 atom stereocenters. The Balaban J connectivity index is 3.14. The van der Waals surface area contributed by atoms with Gasteiger partial charge in [0.15, 0.2) is 0 Å². The van der Waals surface area contributed by atoms with E-state index in [1.165, 1.54) is 0 Å². The van der Waals surface area contributed by atoms with E-state index in [0.717, 1.165) is 17.1 Å². The summed E-state index contributed by atoms with van der Waals surface area (Å²) in [5.74, 6) is 0. The Morgan fingerprint density at radius 3 is 2.46 bits per heavy atom. The molecule has 0 aliphatic carbocycles. The molecule has 0 unspecified atom stereocenters. The lowest BCUT2D eigenvalue weighted by atomic mass is 9.91. The van der Waals surface area contributed by atoms with Crippen molar-refractivity contribution in [2.45, 2.75) is 31.5 Å². The molecule has 0 spiro atoms. The molecule has 3 heteroatoms. The Bertz CT molecular complexity index is 302. The summed E-state index contributed by atoms with van der Waals surface area (Å²) in [6, 6.07) is 3.91. The summed E-state index contributed by atoms with van der Waals surface area (Å²) < 4.78 is 0. The lowest BCUT2D eigenvalue weighted by molar-refractivity contribution is 0.567. The van der Waals surface area contributed by atoms with Crippen LogP contribution in [0.4, 0.5) is 5.69 Å². The van der Waals surface area contributed by atoms with Crippen LogP contribution in [0.1, 0.15) is 32.2 Å². The van der Waals surface area contributed by atoms with Crippen molar-refractivity contribution in [3.8, 4) is 0 Å². The van der Waals surface area contributed by atoms with Crippen LogP contribution in [0.5, 0.6) is 0 Å². The molecule has 0 amide bonds. The number of nitrogens with zero attached hydrogens (tertiary/aromatic N) is 1. The van der Waals surface area contributed by atoms with Crippen molar-refractivity contribution in [2.75, 3.05) is 5.73 Å². The van der Waals surface area contributed by atoms with Gasteiger partial charge in [0.1, 0.15) is 0 Å². The van der Waals surface area contributed by atoms with Crippen molar-refractivity contribution in [1.82, 2.24) is 4.98 Å². The van der Waals surface area contributed by atoms with E-state index < -0.39 is 0 Å². The molecular formula is C10H15BrN2. The van der Waals surface area contributed by atoms with Crippen molar-refractivity contribution in [2.24, 2.45) is 0 Å². The van der Waals surface area contributed by atoms with Gasteiger partial charge in [-0.3, -0.25) is 4.98 Å². The monoisotopic (exact) mass is 242 g/mol. The third-order valence-corrected chi connectivity index (χ3v) is 2.44. The molecule has 1 rings (SSSR count). The van der Waals surface area contributed by atoms with E-state index in [1.54, 1.807) is 0 Å². The first kappa shape index (κ1) is 10.5. The van der Waals surface area contributed by atoms with E-state index in [2.05, 4.69) is 41.7 Å². The molecule has 2 nitrogen and oxygen atoms in total. The van der Waals surface area contributed by atoms with Crippen LogP contribution in [0, 0.1) is 0 Å². The highest BCUT2D eigenvalue weighted by atomic mass is 79.9. The topological polar surface area (TPSA) is 38.9 Å². The second kappa shape index (κ2) is 3.66. The first-order valence-electron chi connectivity index (χ1n) is 4.27. The molecule has 1 aromatic heterocycles. The summed E-state index contributed by atoms with van der Waals surface area (Å²) in [7, 11) is 0. The van der Waals surface area contributed by atoms with E-state index >= 15 is 0 Å². The molecule has 0 saturated heterocycles. The van der Waals surface area contributed by atoms with E-state index in [1.807, 2.05) is 12.1 Å². The minimum atomic E-state index is 0.0879. The second-order valence-electron chi connectivity index (χ2n) is 4.12. The number of aromatic nitrogens is 1. The van der Waals surface area contributed by atoms with Crippen molar-refractivity contribution >= 4 is 21.6 Å². The normalized spacial score (nSPS) is 11.7. The van der Waals surface area contributed by atoms with Gasteiger partial charge in [-0.2, -0.15) is 0 Å². The van der Waals surface area contributed by atoms with E-state index in [0.29, 0.717) is 5.33 Å². The van der Waals surface area contributed by atoms with Gasteiger partial charge in [-0.05, 0) is 12.1 Å². The second-order valence-corrected chi connectivity index (χ2v) is 4.68. The molecule has 0 fully saturated rings. The maximum absolute atomic E-state index is 5.75. The molecule has 13 heavy (non-hydrogen) atoms. The third-order valence-electron chi connectivity index (χ3n) is 1.90. The molecule has 0 aliphatic heterocycles. The van der Waals surface area contributed by atoms with Gasteiger partial charge in [0.2, 0.25) is 0 Å². The summed E-state index contributed by atoms with van der Waals surface area (Å²) in [4.78, 5) is 4.49. The molecule has 0 saturated carbocycles. The quantitative estimate of drug-likeness (QED) is 0.770. The SMILES string of the molecule is CC(C)(C)c1ccc(N)c(CBr)n1. The number of alkyl halides is 1. The Labute approximate surface area is 87.7 Å². The van der Waals surface area contributed by atoms with Gasteiger partial charge in [-0.25, -0.2) is 0 Å². The molecule has 1 heterocycles. The summed E-state index contributed by atoms with van der Waals surface area (Å²) in [6.07, 6.45) is 0. The zero-order valence-corrected chi connectivity index (χ0v) is 9.85. The highest BCUT2D eigenvalue weighted by molar-refractivity contribution is 9.08. The summed E-state index contributed by atoms with van der Waals surface area (Å²) in [5, 5.41) is 0.711. The minimum absolute atomic E-state index is 0.0879. The zero-order chi connectivity index (χ0) is 10.1. The molecule has 0 aromatic carbocycles. The van der Waals surface area contributed by atoms with Crippen LogP contribution in [0.2, 0.25) is 0 Å². The van der Waals surface area contributed by atoms with Crippen LogP contribution < -0.4 is 5.73 Å². The summed E-state index contributed by atoms with van der Waals surface area (Å²) in [5.41, 5.74) is 8.60. The van der Waals surface area contributed by atoms with Crippen LogP contribution in [0.15, 0.2) is 12.1 Å². The van der Waals surface area contributed by atoms with Crippen LogP contribution in [-0.4, -0.2) is 4.98 Å². The van der Waals surface area contributed by atoms with E-state index in [9.17, 15) is 0 Å². The number of anilines is 1. The average Bonchev–Trinajstić information content (AvgIpc) is 2.03. The number of nitrogen functional groups attached to an aromatic ring is 1. The summed E-state index contributed by atoms with van der Waals surface area (Å²) in [6.45, 7) is 6.43. The predicted octanol–water partition coefficient (Wildman–Crippen LogP) is 2.86. The van der Waals surface area contributed by atoms with Gasteiger partial charge in [0.05, 0.1) is 11.4 Å². The number of hydrogen-bond donors (Lipinski definition) is 1. The van der Waals surface area contributed by atoms with Crippen molar-refractivity contribution in [1.29, 1.82) is 0 Å². The van der Waals surface area contributed by atoms with Gasteiger partial charge < -0.3 is 5.73 Å².